The fraction of sp³-hybridized carbons (Fsp3) is 0.600. The minimum atomic E-state index is -0.183. The molecule has 1 aromatic carbocycles. The molecular weight excluding hydrogens is 336 g/mol. The minimum absolute atomic E-state index is 0.0194. The number of benzene rings is 1. The van der Waals surface area contributed by atoms with Crippen molar-refractivity contribution >= 4 is 23.4 Å². The Labute approximate surface area is 154 Å². The van der Waals surface area contributed by atoms with Gasteiger partial charge in [0.25, 0.3) is 5.91 Å². The number of nitrogens with one attached hydrogen (secondary N) is 2. The molecule has 2 aliphatic rings. The number of hydrogen-bond donors (Lipinski definition) is 2. The average Bonchev–Trinajstić information content (AvgIpc) is 2.88. The van der Waals surface area contributed by atoms with Crippen LogP contribution in [0.5, 0.6) is 0 Å². The van der Waals surface area contributed by atoms with Gasteiger partial charge >= 0.3 is 0 Å². The number of fused-ring (bicyclic) bond motifs is 2. The van der Waals surface area contributed by atoms with Crippen molar-refractivity contribution in [3.63, 3.8) is 0 Å². The highest BCUT2D eigenvalue weighted by atomic mass is 35.5. The Hall–Kier alpha value is -1.55. The van der Waals surface area contributed by atoms with E-state index in [1.807, 2.05) is 0 Å². The summed E-state index contributed by atoms with van der Waals surface area (Å²) in [5.74, 6) is 0.538. The number of hydrogen-bond acceptors (Lipinski definition) is 2. The molecule has 3 unspecified atom stereocenters. The van der Waals surface area contributed by atoms with Crippen molar-refractivity contribution in [1.29, 1.82) is 0 Å². The molecule has 0 spiro atoms. The van der Waals surface area contributed by atoms with Gasteiger partial charge < -0.3 is 10.6 Å². The zero-order chi connectivity index (χ0) is 18.2. The zero-order valence-electron chi connectivity index (χ0n) is 15.2. The highest BCUT2D eigenvalue weighted by molar-refractivity contribution is 6.30. The van der Waals surface area contributed by atoms with E-state index >= 15 is 0 Å². The summed E-state index contributed by atoms with van der Waals surface area (Å²) in [7, 11) is 0. The van der Waals surface area contributed by atoms with Crippen LogP contribution < -0.4 is 10.6 Å². The summed E-state index contributed by atoms with van der Waals surface area (Å²) in [6.45, 7) is 7.32. The summed E-state index contributed by atoms with van der Waals surface area (Å²) >= 11 is 5.82. The smallest absolute Gasteiger partial charge is 0.251 e. The van der Waals surface area contributed by atoms with Gasteiger partial charge in [-0.3, -0.25) is 9.59 Å². The number of carbonyl (C=O) groups excluding carboxylic acids is 2. The second kappa shape index (κ2) is 6.64. The first-order valence-electron chi connectivity index (χ1n) is 9.07. The lowest BCUT2D eigenvalue weighted by Gasteiger charge is -2.39. The standard InChI is InChI=1S/C20H27ClN2O2/c1-19(2)14-8-10-20(19,3)16(12-14)23-17(24)9-11-22-18(25)13-4-6-15(21)7-5-13/h4-7,14,16H,8-12H2,1-3H3,(H,22,25)(H,23,24). The molecule has 1 aromatic rings. The molecule has 0 radical (unpaired) electrons. The Morgan fingerprint density at radius 3 is 2.44 bits per heavy atom. The van der Waals surface area contributed by atoms with Gasteiger partial charge in [-0.15, -0.1) is 0 Å². The topological polar surface area (TPSA) is 58.2 Å². The van der Waals surface area contributed by atoms with E-state index in [-0.39, 0.29) is 28.7 Å². The molecule has 5 heteroatoms. The molecule has 2 fully saturated rings. The summed E-state index contributed by atoms with van der Waals surface area (Å²) in [6, 6.07) is 6.97. The van der Waals surface area contributed by atoms with E-state index in [1.165, 1.54) is 12.8 Å². The lowest BCUT2D eigenvalue weighted by molar-refractivity contribution is -0.122. The fourth-order valence-electron chi connectivity index (χ4n) is 4.68. The maximum atomic E-state index is 12.3. The van der Waals surface area contributed by atoms with Gasteiger partial charge in [0.1, 0.15) is 0 Å². The SMILES string of the molecule is CC1(C)C2CCC1(C)C(NC(=O)CCNC(=O)c1ccc(Cl)cc1)C2. The number of halogens is 1. The zero-order valence-corrected chi connectivity index (χ0v) is 16.0. The third-order valence-electron chi connectivity index (χ3n) is 6.87. The van der Waals surface area contributed by atoms with Crippen molar-refractivity contribution in [2.24, 2.45) is 16.7 Å². The molecule has 25 heavy (non-hydrogen) atoms. The van der Waals surface area contributed by atoms with E-state index in [4.69, 9.17) is 11.6 Å². The molecule has 2 bridgehead atoms. The lowest BCUT2D eigenvalue weighted by Crippen LogP contribution is -2.47. The molecule has 2 N–H and O–H groups in total. The Morgan fingerprint density at radius 2 is 1.88 bits per heavy atom. The van der Waals surface area contributed by atoms with E-state index in [2.05, 4.69) is 31.4 Å². The largest absolute Gasteiger partial charge is 0.353 e. The summed E-state index contributed by atoms with van der Waals surface area (Å²) in [6.07, 6.45) is 3.83. The maximum absolute atomic E-state index is 12.3. The number of rotatable bonds is 5. The molecule has 0 aromatic heterocycles. The van der Waals surface area contributed by atoms with Crippen LogP contribution in [0.25, 0.3) is 0 Å². The molecule has 2 aliphatic carbocycles. The van der Waals surface area contributed by atoms with Crippen molar-refractivity contribution in [3.8, 4) is 0 Å². The van der Waals surface area contributed by atoms with Crippen molar-refractivity contribution in [2.45, 2.75) is 52.5 Å². The first-order valence-corrected chi connectivity index (χ1v) is 9.45. The average molecular weight is 363 g/mol. The van der Waals surface area contributed by atoms with Crippen molar-refractivity contribution in [3.05, 3.63) is 34.9 Å². The van der Waals surface area contributed by atoms with Crippen LogP contribution in [-0.4, -0.2) is 24.4 Å². The van der Waals surface area contributed by atoms with Gasteiger partial charge in [0.15, 0.2) is 0 Å². The first kappa shape index (κ1) is 18.2. The molecule has 2 saturated carbocycles. The normalized spacial score (nSPS) is 29.4. The molecular formula is C20H27ClN2O2. The van der Waals surface area contributed by atoms with Crippen LogP contribution in [0.3, 0.4) is 0 Å². The minimum Gasteiger partial charge on any atom is -0.353 e. The summed E-state index contributed by atoms with van der Waals surface area (Å²) in [5, 5.41) is 6.61. The van der Waals surface area contributed by atoms with Crippen LogP contribution in [0.2, 0.25) is 5.02 Å². The van der Waals surface area contributed by atoms with Gasteiger partial charge in [-0.25, -0.2) is 0 Å². The van der Waals surface area contributed by atoms with Crippen LogP contribution in [0.15, 0.2) is 24.3 Å². The fourth-order valence-corrected chi connectivity index (χ4v) is 4.81. The highest BCUT2D eigenvalue weighted by Gasteiger charge is 2.61. The van der Waals surface area contributed by atoms with E-state index in [9.17, 15) is 9.59 Å². The van der Waals surface area contributed by atoms with Crippen LogP contribution in [0, 0.1) is 16.7 Å². The molecule has 0 saturated heterocycles. The summed E-state index contributed by atoms with van der Waals surface area (Å²) in [5.41, 5.74) is 1.01. The lowest BCUT2D eigenvalue weighted by atomic mass is 9.69. The first-order chi connectivity index (χ1) is 11.7. The third-order valence-corrected chi connectivity index (χ3v) is 7.13. The van der Waals surface area contributed by atoms with Gasteiger partial charge in [0.05, 0.1) is 0 Å². The predicted molar refractivity (Wildman–Crippen MR) is 99.6 cm³/mol. The van der Waals surface area contributed by atoms with Crippen LogP contribution in [-0.2, 0) is 4.79 Å². The van der Waals surface area contributed by atoms with Crippen molar-refractivity contribution in [1.82, 2.24) is 10.6 Å². The molecule has 2 amide bonds. The molecule has 136 valence electrons. The monoisotopic (exact) mass is 362 g/mol. The van der Waals surface area contributed by atoms with E-state index in [0.717, 1.165) is 6.42 Å². The van der Waals surface area contributed by atoms with Crippen LogP contribution in [0.4, 0.5) is 0 Å². The van der Waals surface area contributed by atoms with E-state index in [0.29, 0.717) is 29.5 Å². The summed E-state index contributed by atoms with van der Waals surface area (Å²) in [4.78, 5) is 24.3. The molecule has 3 rings (SSSR count). The highest BCUT2D eigenvalue weighted by Crippen LogP contribution is 2.65. The third kappa shape index (κ3) is 3.29. The predicted octanol–water partition coefficient (Wildman–Crippen LogP) is 3.79. The Balaban J connectivity index is 1.46. The maximum Gasteiger partial charge on any atom is 0.251 e. The molecule has 4 nitrogen and oxygen atoms in total. The van der Waals surface area contributed by atoms with Gasteiger partial charge in [0, 0.05) is 29.6 Å². The van der Waals surface area contributed by atoms with E-state index in [1.54, 1.807) is 24.3 Å². The molecule has 0 heterocycles. The number of carbonyl (C=O) groups is 2. The van der Waals surface area contributed by atoms with Gasteiger partial charge in [0.2, 0.25) is 5.91 Å². The quantitative estimate of drug-likeness (QED) is 0.837. The second-order valence-corrected chi connectivity index (χ2v) is 8.68. The molecule has 0 aliphatic heterocycles. The van der Waals surface area contributed by atoms with Crippen LogP contribution >= 0.6 is 11.6 Å². The Kier molecular flexibility index (Phi) is 4.84. The Bertz CT molecular complexity index is 671. The van der Waals surface area contributed by atoms with Gasteiger partial charge in [-0.1, -0.05) is 32.4 Å². The van der Waals surface area contributed by atoms with Crippen molar-refractivity contribution in [2.75, 3.05) is 6.54 Å². The van der Waals surface area contributed by atoms with Gasteiger partial charge in [-0.05, 0) is 60.3 Å². The van der Waals surface area contributed by atoms with Crippen LogP contribution in [0.1, 0.15) is 56.8 Å². The number of amides is 2. The van der Waals surface area contributed by atoms with Gasteiger partial charge in [-0.2, -0.15) is 0 Å². The van der Waals surface area contributed by atoms with Crippen molar-refractivity contribution < 1.29 is 9.59 Å². The Morgan fingerprint density at radius 1 is 1.20 bits per heavy atom. The second-order valence-electron chi connectivity index (χ2n) is 8.24. The summed E-state index contributed by atoms with van der Waals surface area (Å²) < 4.78 is 0. The van der Waals surface area contributed by atoms with E-state index < -0.39 is 0 Å². The molecule has 3 atom stereocenters.